The standard InChI is InChI=1S/C24H50N.ClH.Mg/c1-5-9-13-15-19-23(17-11-7-3)21-25-22-24(18-12-8-4)20-16-14-10-6-2;;/h23-24H,5-22H2,1-4H3;1H;/q-1;;+2/p-1. The van der Waals surface area contributed by atoms with Gasteiger partial charge in [-0.25, -0.2) is 0 Å². The molecule has 3 heteroatoms. The smallest absolute Gasteiger partial charge is 1.00 e. The van der Waals surface area contributed by atoms with Crippen molar-refractivity contribution in [2.24, 2.45) is 11.8 Å². The van der Waals surface area contributed by atoms with E-state index >= 15 is 0 Å². The van der Waals surface area contributed by atoms with Crippen molar-refractivity contribution in [2.45, 2.75) is 130 Å². The molecule has 2 atom stereocenters. The van der Waals surface area contributed by atoms with Crippen LogP contribution in [0.1, 0.15) is 130 Å². The summed E-state index contributed by atoms with van der Waals surface area (Å²) in [6, 6.07) is 0. The van der Waals surface area contributed by atoms with Crippen molar-refractivity contribution in [3.8, 4) is 0 Å². The summed E-state index contributed by atoms with van der Waals surface area (Å²) in [5, 5.41) is 5.08. The molecule has 0 fully saturated rings. The first-order valence-electron chi connectivity index (χ1n) is 11.9. The summed E-state index contributed by atoms with van der Waals surface area (Å²) in [5.74, 6) is 1.73. The van der Waals surface area contributed by atoms with Crippen LogP contribution in [0.2, 0.25) is 0 Å². The molecule has 0 rings (SSSR count). The SMILES string of the molecule is CCCCCCC(CCCC)C[N-]CC(CCCC)CCCCCC.[Cl-].[Mg+2]. The second kappa shape index (κ2) is 27.0. The van der Waals surface area contributed by atoms with Gasteiger partial charge < -0.3 is 17.7 Å². The average Bonchev–Trinajstić information content (AvgIpc) is 2.63. The molecule has 0 aromatic heterocycles. The van der Waals surface area contributed by atoms with Crippen LogP contribution in [-0.4, -0.2) is 36.1 Å². The van der Waals surface area contributed by atoms with Gasteiger partial charge in [0.2, 0.25) is 0 Å². The Bertz CT molecular complexity index is 227. The Morgan fingerprint density at radius 3 is 1.15 bits per heavy atom. The van der Waals surface area contributed by atoms with E-state index in [1.165, 1.54) is 103 Å². The van der Waals surface area contributed by atoms with Gasteiger partial charge in [-0.05, 0) is 0 Å². The molecule has 0 spiro atoms. The van der Waals surface area contributed by atoms with E-state index in [2.05, 4.69) is 27.7 Å². The van der Waals surface area contributed by atoms with E-state index in [0.29, 0.717) is 0 Å². The van der Waals surface area contributed by atoms with Crippen LogP contribution in [-0.2, 0) is 0 Å². The molecule has 0 N–H and O–H groups in total. The van der Waals surface area contributed by atoms with Gasteiger partial charge in [-0.1, -0.05) is 142 Å². The molecule has 0 aliphatic carbocycles. The van der Waals surface area contributed by atoms with Crippen molar-refractivity contribution in [1.29, 1.82) is 0 Å². The molecule has 0 amide bonds. The molecule has 160 valence electrons. The zero-order valence-electron chi connectivity index (χ0n) is 19.4. The van der Waals surface area contributed by atoms with Crippen LogP contribution in [0.5, 0.6) is 0 Å². The zero-order valence-corrected chi connectivity index (χ0v) is 21.6. The van der Waals surface area contributed by atoms with Gasteiger partial charge in [0, 0.05) is 0 Å². The van der Waals surface area contributed by atoms with Crippen LogP contribution < -0.4 is 12.4 Å². The third kappa shape index (κ3) is 23.2. The maximum Gasteiger partial charge on any atom is 2.00 e. The molecule has 0 aliphatic rings. The molecule has 2 unspecified atom stereocenters. The van der Waals surface area contributed by atoms with Crippen molar-refractivity contribution in [3.63, 3.8) is 0 Å². The molecule has 0 saturated heterocycles. The van der Waals surface area contributed by atoms with Gasteiger partial charge in [0.15, 0.2) is 0 Å². The molecule has 0 bridgehead atoms. The fourth-order valence-electron chi connectivity index (χ4n) is 3.80. The molecule has 0 radical (unpaired) electrons. The van der Waals surface area contributed by atoms with Gasteiger partial charge in [0.05, 0.1) is 0 Å². The quantitative estimate of drug-likeness (QED) is 0.184. The molecule has 27 heavy (non-hydrogen) atoms. The number of rotatable bonds is 20. The van der Waals surface area contributed by atoms with E-state index in [4.69, 9.17) is 5.32 Å². The number of unbranched alkanes of at least 4 members (excludes halogenated alkanes) is 8. The molecular weight excluding hydrogens is 362 g/mol. The predicted molar refractivity (Wildman–Crippen MR) is 122 cm³/mol. The van der Waals surface area contributed by atoms with E-state index in [9.17, 15) is 0 Å². The van der Waals surface area contributed by atoms with Crippen molar-refractivity contribution >= 4 is 23.1 Å². The van der Waals surface area contributed by atoms with E-state index in [-0.39, 0.29) is 35.5 Å². The Morgan fingerprint density at radius 2 is 0.815 bits per heavy atom. The minimum absolute atomic E-state index is 0. The van der Waals surface area contributed by atoms with E-state index < -0.39 is 0 Å². The fourth-order valence-corrected chi connectivity index (χ4v) is 3.80. The summed E-state index contributed by atoms with van der Waals surface area (Å²) in [7, 11) is 0. The maximum absolute atomic E-state index is 5.08. The van der Waals surface area contributed by atoms with E-state index in [1.54, 1.807) is 0 Å². The largest absolute Gasteiger partial charge is 2.00 e. The van der Waals surface area contributed by atoms with E-state index in [1.807, 2.05) is 0 Å². The summed E-state index contributed by atoms with van der Waals surface area (Å²) >= 11 is 0. The first-order valence-corrected chi connectivity index (χ1v) is 11.9. The molecule has 0 aromatic rings. The Balaban J connectivity index is -0.00000288. The van der Waals surface area contributed by atoms with Gasteiger partial charge in [-0.15, -0.1) is 13.1 Å². The Hall–Kier alpha value is 1.02. The third-order valence-electron chi connectivity index (χ3n) is 5.64. The summed E-state index contributed by atoms with van der Waals surface area (Å²) < 4.78 is 0. The van der Waals surface area contributed by atoms with Crippen molar-refractivity contribution in [2.75, 3.05) is 13.1 Å². The number of hydrogen-bond acceptors (Lipinski definition) is 0. The Kier molecular flexibility index (Phi) is 32.7. The summed E-state index contributed by atoms with van der Waals surface area (Å²) in [6.45, 7) is 11.5. The first-order chi connectivity index (χ1) is 12.3. The van der Waals surface area contributed by atoms with Crippen LogP contribution in [0, 0.1) is 11.8 Å². The van der Waals surface area contributed by atoms with Crippen LogP contribution in [0.15, 0.2) is 0 Å². The van der Waals surface area contributed by atoms with Gasteiger partial charge in [-0.2, -0.15) is 0 Å². The number of halogens is 1. The van der Waals surface area contributed by atoms with Gasteiger partial charge in [-0.3, -0.25) is 0 Å². The summed E-state index contributed by atoms with van der Waals surface area (Å²) in [6.07, 6.45) is 22.3. The Morgan fingerprint density at radius 1 is 0.481 bits per heavy atom. The van der Waals surface area contributed by atoms with Crippen molar-refractivity contribution in [3.05, 3.63) is 5.32 Å². The molecule has 0 heterocycles. The molecule has 0 aliphatic heterocycles. The summed E-state index contributed by atoms with van der Waals surface area (Å²) in [5.41, 5.74) is 0. The number of hydrogen-bond donors (Lipinski definition) is 0. The topological polar surface area (TPSA) is 14.1 Å². The zero-order chi connectivity index (χ0) is 18.6. The molecule has 1 nitrogen and oxygen atoms in total. The predicted octanol–water partition coefficient (Wildman–Crippen LogP) is 5.54. The van der Waals surface area contributed by atoms with Crippen molar-refractivity contribution < 1.29 is 12.4 Å². The normalized spacial score (nSPS) is 12.9. The van der Waals surface area contributed by atoms with Gasteiger partial charge in [0.1, 0.15) is 0 Å². The second-order valence-electron chi connectivity index (χ2n) is 8.30. The minimum Gasteiger partial charge on any atom is -1.00 e. The van der Waals surface area contributed by atoms with Crippen LogP contribution in [0.4, 0.5) is 0 Å². The molecular formula is C24H50ClMgN. The fraction of sp³-hybridized carbons (Fsp3) is 1.00. The van der Waals surface area contributed by atoms with Crippen LogP contribution >= 0.6 is 0 Å². The second-order valence-corrected chi connectivity index (χ2v) is 8.30. The monoisotopic (exact) mass is 411 g/mol. The van der Waals surface area contributed by atoms with Crippen LogP contribution in [0.3, 0.4) is 0 Å². The number of nitrogens with zero attached hydrogens (tertiary/aromatic N) is 1. The molecule has 0 aromatic carbocycles. The van der Waals surface area contributed by atoms with Gasteiger partial charge in [0.25, 0.3) is 0 Å². The van der Waals surface area contributed by atoms with E-state index in [0.717, 1.165) is 24.9 Å². The Labute approximate surface area is 195 Å². The van der Waals surface area contributed by atoms with Crippen LogP contribution in [0.25, 0.3) is 5.32 Å². The maximum atomic E-state index is 5.08. The third-order valence-corrected chi connectivity index (χ3v) is 5.64. The average molecular weight is 412 g/mol. The first kappa shape index (κ1) is 32.7. The minimum atomic E-state index is 0. The van der Waals surface area contributed by atoms with Crippen molar-refractivity contribution in [1.82, 2.24) is 0 Å². The summed E-state index contributed by atoms with van der Waals surface area (Å²) in [4.78, 5) is 0. The van der Waals surface area contributed by atoms with Gasteiger partial charge >= 0.3 is 23.1 Å². The molecule has 0 saturated carbocycles.